The average molecular weight is 1360 g/mol. The zero-order valence-corrected chi connectivity index (χ0v) is 59.1. The van der Waals surface area contributed by atoms with Gasteiger partial charge in [-0.2, -0.15) is 0 Å². The summed E-state index contributed by atoms with van der Waals surface area (Å²) in [5.41, 5.74) is -1.79. The molecule has 23 nitrogen and oxygen atoms in total. The molecule has 1 atom stereocenters. The largest absolute Gasteiger partial charge is 0.480 e. The van der Waals surface area contributed by atoms with Gasteiger partial charge in [0.2, 0.25) is 0 Å². The summed E-state index contributed by atoms with van der Waals surface area (Å²) in [6.07, 6.45) is 42.7. The lowest BCUT2D eigenvalue weighted by Crippen LogP contribution is -2.54. The van der Waals surface area contributed by atoms with Crippen molar-refractivity contribution in [2.75, 3.05) is 79.0 Å². The minimum absolute atomic E-state index is 0.0199. The van der Waals surface area contributed by atoms with Gasteiger partial charge in [-0.3, -0.25) is 62.6 Å². The molecule has 0 spiro atoms. The van der Waals surface area contributed by atoms with Crippen LogP contribution in [-0.4, -0.2) is 185 Å². The van der Waals surface area contributed by atoms with E-state index in [0.29, 0.717) is 44.9 Å². The van der Waals surface area contributed by atoms with E-state index in [4.69, 9.17) is 23.7 Å². The molecule has 0 aromatic heterocycles. The molecule has 0 aliphatic carbocycles. The zero-order chi connectivity index (χ0) is 70.4. The second-order valence-electron chi connectivity index (χ2n) is 26.1. The Kier molecular flexibility index (Phi) is 58.6. The lowest BCUT2D eigenvalue weighted by molar-refractivity contribution is -0.180. The summed E-state index contributed by atoms with van der Waals surface area (Å²) in [6.45, 7) is 0.188. The third-order valence-electron chi connectivity index (χ3n) is 17.1. The molecule has 0 rings (SSSR count). The zero-order valence-electron chi connectivity index (χ0n) is 59.1. The van der Waals surface area contributed by atoms with Crippen LogP contribution >= 0.6 is 0 Å². The first-order chi connectivity index (χ1) is 45.8. The summed E-state index contributed by atoms with van der Waals surface area (Å²) >= 11 is 0. The van der Waals surface area contributed by atoms with Gasteiger partial charge in [-0.05, 0) is 32.1 Å². The first-order valence-electron chi connectivity index (χ1n) is 36.9. The van der Waals surface area contributed by atoms with E-state index in [1.165, 1.54) is 135 Å². The highest BCUT2D eigenvalue weighted by Crippen LogP contribution is 2.26. The van der Waals surface area contributed by atoms with Crippen molar-refractivity contribution in [1.82, 2.24) is 14.7 Å². The van der Waals surface area contributed by atoms with Crippen LogP contribution in [0.1, 0.15) is 310 Å². The van der Waals surface area contributed by atoms with Gasteiger partial charge in [-0.1, -0.05) is 252 Å². The van der Waals surface area contributed by atoms with Crippen LogP contribution in [0.5, 0.6) is 0 Å². The molecule has 5 N–H and O–H groups in total. The van der Waals surface area contributed by atoms with Crippen LogP contribution < -0.4 is 0 Å². The molecule has 0 heterocycles. The summed E-state index contributed by atoms with van der Waals surface area (Å²) in [6, 6.07) is -1.64. The van der Waals surface area contributed by atoms with Gasteiger partial charge < -0.3 is 49.2 Å². The van der Waals surface area contributed by atoms with Crippen LogP contribution in [0.4, 0.5) is 0 Å². The number of carboxylic acid groups (broad SMARTS) is 5. The average Bonchev–Trinajstić information content (AvgIpc) is 0.856. The number of hydrogen-bond donors (Lipinski definition) is 5. The molecule has 1 unspecified atom stereocenters. The Morgan fingerprint density at radius 1 is 0.316 bits per heavy atom. The van der Waals surface area contributed by atoms with E-state index in [-0.39, 0.29) is 45.4 Å². The van der Waals surface area contributed by atoms with Crippen molar-refractivity contribution in [2.45, 2.75) is 316 Å². The molecule has 552 valence electrons. The second kappa shape index (κ2) is 62.1. The number of hydrogen-bond acceptors (Lipinski definition) is 18. The number of rotatable bonds is 71. The molecule has 0 aliphatic rings. The van der Waals surface area contributed by atoms with Gasteiger partial charge in [-0.15, -0.1) is 0 Å². The molecule has 0 radical (unpaired) electrons. The van der Waals surface area contributed by atoms with Gasteiger partial charge in [-0.25, -0.2) is 0 Å². The van der Waals surface area contributed by atoms with Gasteiger partial charge >= 0.3 is 59.7 Å². The van der Waals surface area contributed by atoms with E-state index in [0.717, 1.165) is 98.2 Å². The minimum atomic E-state index is -1.79. The van der Waals surface area contributed by atoms with E-state index in [1.54, 1.807) is 0 Å². The van der Waals surface area contributed by atoms with Gasteiger partial charge in [0, 0.05) is 38.8 Å². The van der Waals surface area contributed by atoms with Crippen molar-refractivity contribution in [3.05, 3.63) is 0 Å². The Bertz CT molecular complexity index is 1910. The highest BCUT2D eigenvalue weighted by atomic mass is 16.6. The summed E-state index contributed by atoms with van der Waals surface area (Å²) in [4.78, 5) is 129. The number of carboxylic acids is 5. The molecule has 0 saturated carbocycles. The lowest BCUT2D eigenvalue weighted by Gasteiger charge is -2.34. The smallest absolute Gasteiger partial charge is 0.324 e. The van der Waals surface area contributed by atoms with E-state index in [2.05, 4.69) is 20.8 Å². The van der Waals surface area contributed by atoms with E-state index < -0.39 is 130 Å². The fourth-order valence-electron chi connectivity index (χ4n) is 11.3. The van der Waals surface area contributed by atoms with Crippen molar-refractivity contribution in [1.29, 1.82) is 0 Å². The predicted octanol–water partition coefficient (Wildman–Crippen LogP) is 14.0. The number of esters is 5. The molecule has 0 bridgehead atoms. The van der Waals surface area contributed by atoms with Gasteiger partial charge in [0.05, 0.1) is 39.5 Å². The van der Waals surface area contributed by atoms with Crippen molar-refractivity contribution in [3.63, 3.8) is 0 Å². The van der Waals surface area contributed by atoms with E-state index >= 15 is 0 Å². The molecule has 0 aromatic rings. The Morgan fingerprint density at radius 2 is 0.579 bits per heavy atom. The Morgan fingerprint density at radius 3 is 0.863 bits per heavy atom. The molecule has 0 aliphatic heterocycles. The number of unbranched alkanes of at least 4 members (excludes halogenated alkanes) is 37. The fourth-order valence-corrected chi connectivity index (χ4v) is 11.3. The fraction of sp³-hybridized carbons (Fsp3) is 0.861. The predicted molar refractivity (Wildman–Crippen MR) is 364 cm³/mol. The first kappa shape index (κ1) is 89.6. The van der Waals surface area contributed by atoms with Gasteiger partial charge in [0.25, 0.3) is 0 Å². The topological polar surface area (TPSA) is 328 Å². The molecule has 0 fully saturated rings. The minimum Gasteiger partial charge on any atom is -0.480 e. The maximum atomic E-state index is 14.4. The van der Waals surface area contributed by atoms with Crippen LogP contribution in [0.25, 0.3) is 0 Å². The van der Waals surface area contributed by atoms with E-state index in [1.807, 2.05) is 0 Å². The summed E-state index contributed by atoms with van der Waals surface area (Å²) in [5, 5.41) is 47.5. The standard InChI is InChI=1S/C72H129N3O20/c1-4-7-10-13-16-19-22-25-30-36-41-46-67(85)93-57-72(58-94-68(86)47-42-37-31-26-23-20-17-14-11-8-5-2,59-95-69(87)48-43-38-32-27-24-21-18-15-12-9-6-3)71(90)91-51-44-39-34-29-28-33-35-40-45-66(84)92-56-61(70(88)89)75(60-74(54-64(80)81)55-65(82)83)50-49-73(52-62(76)77)53-63(78)79/h61H,4-60H2,1-3H3,(H,76,77)(H,78,79)(H,80,81)(H,82,83)(H,88,89). The Labute approximate surface area is 569 Å². The Hall–Kier alpha value is -5.42. The molecule has 0 aromatic carbocycles. The quantitative estimate of drug-likeness (QED) is 0.0163. The van der Waals surface area contributed by atoms with Crippen LogP contribution in [0.15, 0.2) is 0 Å². The van der Waals surface area contributed by atoms with Crippen LogP contribution in [0, 0.1) is 5.41 Å². The van der Waals surface area contributed by atoms with Crippen molar-refractivity contribution in [3.8, 4) is 0 Å². The highest BCUT2D eigenvalue weighted by Gasteiger charge is 2.45. The number of nitrogens with zero attached hydrogens (tertiary/aromatic N) is 3. The van der Waals surface area contributed by atoms with Crippen molar-refractivity contribution >= 4 is 59.7 Å². The number of ether oxygens (including phenoxy) is 5. The highest BCUT2D eigenvalue weighted by molar-refractivity contribution is 5.80. The second-order valence-corrected chi connectivity index (χ2v) is 26.1. The number of aliphatic carboxylic acids is 5. The molecular weight excluding hydrogens is 1230 g/mol. The first-order valence-corrected chi connectivity index (χ1v) is 36.9. The molecule has 23 heteroatoms. The SMILES string of the molecule is CCCCCCCCCCCCCC(=O)OCC(COC(=O)CCCCCCCCCCCCC)(COC(=O)CCCCCCCCCCCCC)C(=O)OCCCCCCCCCCC(=O)OCC(C(=O)O)N(CCN(CC(=O)O)CC(=O)O)CN(CC(=O)O)CC(=O)O. The van der Waals surface area contributed by atoms with E-state index in [9.17, 15) is 73.5 Å². The number of carbonyl (C=O) groups excluding carboxylic acids is 5. The maximum Gasteiger partial charge on any atom is 0.324 e. The van der Waals surface area contributed by atoms with Crippen LogP contribution in [-0.2, 0) is 71.6 Å². The summed E-state index contributed by atoms with van der Waals surface area (Å²) in [7, 11) is 0. The molecule has 0 amide bonds. The lowest BCUT2D eigenvalue weighted by atomic mass is 9.91. The van der Waals surface area contributed by atoms with Crippen LogP contribution in [0.2, 0.25) is 0 Å². The third kappa shape index (κ3) is 55.3. The normalized spacial score (nSPS) is 11.9. The van der Waals surface area contributed by atoms with Crippen molar-refractivity contribution < 1.29 is 97.2 Å². The number of carbonyl (C=O) groups is 10. The molecule has 95 heavy (non-hydrogen) atoms. The van der Waals surface area contributed by atoms with Crippen molar-refractivity contribution in [2.24, 2.45) is 5.41 Å². The Balaban J connectivity index is 5.78. The summed E-state index contributed by atoms with van der Waals surface area (Å²) in [5.74, 6) is -10.0. The van der Waals surface area contributed by atoms with Crippen LogP contribution in [0.3, 0.4) is 0 Å². The van der Waals surface area contributed by atoms with Gasteiger partial charge in [0.1, 0.15) is 32.5 Å². The molecular formula is C72H129N3O20. The maximum absolute atomic E-state index is 14.4. The monoisotopic (exact) mass is 1360 g/mol. The van der Waals surface area contributed by atoms with Gasteiger partial charge in [0.15, 0.2) is 5.41 Å². The third-order valence-corrected chi connectivity index (χ3v) is 17.1. The summed E-state index contributed by atoms with van der Waals surface area (Å²) < 4.78 is 28.6. The molecule has 0 saturated heterocycles.